The van der Waals surface area contributed by atoms with Gasteiger partial charge in [0.2, 0.25) is 5.60 Å². The summed E-state index contributed by atoms with van der Waals surface area (Å²) in [5.41, 5.74) is -1.96. The van der Waals surface area contributed by atoms with Crippen molar-refractivity contribution in [3.05, 3.63) is 101 Å². The summed E-state index contributed by atoms with van der Waals surface area (Å²) < 4.78 is 45.0. The molecular formula is C22H16ClF3O3. The van der Waals surface area contributed by atoms with E-state index in [-0.39, 0.29) is 17.7 Å². The lowest BCUT2D eigenvalue weighted by molar-refractivity contribution is -0.156. The number of carboxylic acids is 1. The van der Waals surface area contributed by atoms with Crippen LogP contribution in [0.1, 0.15) is 16.7 Å². The molecule has 0 fully saturated rings. The first kappa shape index (κ1) is 20.7. The normalized spacial score (nSPS) is 13.5. The largest absolute Gasteiger partial charge is 0.478 e. The molecule has 1 N–H and O–H groups in total. The molecule has 0 aliphatic heterocycles. The number of ether oxygens (including phenoxy) is 1. The Morgan fingerprint density at radius 3 is 2.14 bits per heavy atom. The van der Waals surface area contributed by atoms with Gasteiger partial charge in [0.15, 0.2) is 0 Å². The monoisotopic (exact) mass is 420 g/mol. The summed E-state index contributed by atoms with van der Waals surface area (Å²) in [6.45, 7) is 0. The number of carbonyl (C=O) groups is 1. The molecule has 0 heterocycles. The van der Waals surface area contributed by atoms with E-state index < -0.39 is 23.3 Å². The predicted molar refractivity (Wildman–Crippen MR) is 103 cm³/mol. The highest BCUT2D eigenvalue weighted by Gasteiger charge is 2.44. The van der Waals surface area contributed by atoms with E-state index in [1.165, 1.54) is 36.4 Å². The molecule has 0 amide bonds. The molecule has 1 unspecified atom stereocenters. The van der Waals surface area contributed by atoms with Crippen LogP contribution in [0.3, 0.4) is 0 Å². The van der Waals surface area contributed by atoms with Crippen molar-refractivity contribution < 1.29 is 27.8 Å². The number of halogens is 4. The van der Waals surface area contributed by atoms with Crippen LogP contribution in [0, 0.1) is 0 Å². The van der Waals surface area contributed by atoms with Gasteiger partial charge >= 0.3 is 12.1 Å². The smallest absolute Gasteiger partial charge is 0.416 e. The average molecular weight is 421 g/mol. The van der Waals surface area contributed by atoms with Crippen LogP contribution in [0.2, 0.25) is 5.02 Å². The van der Waals surface area contributed by atoms with Crippen molar-refractivity contribution in [1.29, 1.82) is 0 Å². The molecule has 0 aromatic heterocycles. The second-order valence-corrected chi connectivity index (χ2v) is 6.87. The Morgan fingerprint density at radius 1 is 0.897 bits per heavy atom. The van der Waals surface area contributed by atoms with E-state index in [1.54, 1.807) is 30.3 Å². The highest BCUT2D eigenvalue weighted by molar-refractivity contribution is 6.30. The fourth-order valence-electron chi connectivity index (χ4n) is 2.98. The van der Waals surface area contributed by atoms with Crippen molar-refractivity contribution in [3.8, 4) is 5.75 Å². The lowest BCUT2D eigenvalue weighted by Crippen LogP contribution is -2.44. The van der Waals surface area contributed by atoms with E-state index >= 15 is 0 Å². The van der Waals surface area contributed by atoms with Gasteiger partial charge in [0.1, 0.15) is 5.75 Å². The van der Waals surface area contributed by atoms with Crippen LogP contribution in [0.15, 0.2) is 78.9 Å². The lowest BCUT2D eigenvalue weighted by atomic mass is 9.86. The molecule has 150 valence electrons. The standard InChI is InChI=1S/C22H16ClF3O3/c23-18-11-9-16(10-12-18)21(20(27)28,14-15-5-2-1-3-6-15)29-19-8-4-7-17(13-19)22(24,25)26/h1-13H,14H2,(H,27,28). The molecule has 0 saturated heterocycles. The van der Waals surface area contributed by atoms with Crippen LogP contribution in [0.4, 0.5) is 13.2 Å². The zero-order valence-corrected chi connectivity index (χ0v) is 15.7. The molecule has 1 atom stereocenters. The van der Waals surface area contributed by atoms with E-state index in [2.05, 4.69) is 0 Å². The molecule has 0 aliphatic rings. The maximum atomic E-state index is 13.1. The zero-order chi connectivity index (χ0) is 21.1. The van der Waals surface area contributed by atoms with E-state index in [0.29, 0.717) is 10.6 Å². The summed E-state index contributed by atoms with van der Waals surface area (Å²) in [6, 6.07) is 18.9. The second kappa shape index (κ2) is 8.17. The molecular weight excluding hydrogens is 405 g/mol. The maximum absolute atomic E-state index is 13.1. The zero-order valence-electron chi connectivity index (χ0n) is 15.0. The Labute approximate surface area is 170 Å². The van der Waals surface area contributed by atoms with Crippen LogP contribution in [0.5, 0.6) is 5.75 Å². The van der Waals surface area contributed by atoms with Crippen molar-refractivity contribution in [2.45, 2.75) is 18.2 Å². The highest BCUT2D eigenvalue weighted by atomic mass is 35.5. The number of rotatable bonds is 6. The SMILES string of the molecule is O=C(O)C(Cc1ccccc1)(Oc1cccc(C(F)(F)F)c1)c1ccc(Cl)cc1. The molecule has 0 spiro atoms. The van der Waals surface area contributed by atoms with Gasteiger partial charge in [0, 0.05) is 17.0 Å². The van der Waals surface area contributed by atoms with Crippen LogP contribution in [-0.2, 0) is 23.0 Å². The first-order valence-corrected chi connectivity index (χ1v) is 8.98. The van der Waals surface area contributed by atoms with Crippen molar-refractivity contribution in [3.63, 3.8) is 0 Å². The molecule has 3 aromatic carbocycles. The number of alkyl halides is 3. The van der Waals surface area contributed by atoms with Crippen molar-refractivity contribution >= 4 is 17.6 Å². The number of hydrogen-bond acceptors (Lipinski definition) is 2. The molecule has 0 saturated carbocycles. The minimum absolute atomic E-state index is 0.0962. The van der Waals surface area contributed by atoms with Crippen molar-refractivity contribution in [2.24, 2.45) is 0 Å². The van der Waals surface area contributed by atoms with Gasteiger partial charge in [0.05, 0.1) is 5.56 Å². The van der Waals surface area contributed by atoms with E-state index in [0.717, 1.165) is 12.1 Å². The summed E-state index contributed by atoms with van der Waals surface area (Å²) in [4.78, 5) is 12.4. The first-order valence-electron chi connectivity index (χ1n) is 8.60. The Morgan fingerprint density at radius 2 is 1.55 bits per heavy atom. The van der Waals surface area contributed by atoms with E-state index in [4.69, 9.17) is 16.3 Å². The molecule has 7 heteroatoms. The number of hydrogen-bond donors (Lipinski definition) is 1. The first-order chi connectivity index (χ1) is 13.7. The van der Waals surface area contributed by atoms with Gasteiger partial charge in [-0.2, -0.15) is 13.2 Å². The quantitative estimate of drug-likeness (QED) is 0.535. The molecule has 29 heavy (non-hydrogen) atoms. The Balaban J connectivity index is 2.11. The number of carboxylic acid groups (broad SMARTS) is 1. The molecule has 3 aromatic rings. The van der Waals surface area contributed by atoms with E-state index in [1.807, 2.05) is 0 Å². The van der Waals surface area contributed by atoms with Crippen LogP contribution >= 0.6 is 11.6 Å². The van der Waals surface area contributed by atoms with Gasteiger partial charge in [-0.1, -0.05) is 60.1 Å². The Bertz CT molecular complexity index is 988. The third kappa shape index (κ3) is 4.71. The van der Waals surface area contributed by atoms with Gasteiger partial charge < -0.3 is 9.84 Å². The van der Waals surface area contributed by atoms with Gasteiger partial charge in [-0.15, -0.1) is 0 Å². The van der Waals surface area contributed by atoms with Gasteiger partial charge in [-0.3, -0.25) is 0 Å². The molecule has 0 aliphatic carbocycles. The van der Waals surface area contributed by atoms with Gasteiger partial charge in [-0.25, -0.2) is 4.79 Å². The molecule has 3 rings (SSSR count). The fourth-order valence-corrected chi connectivity index (χ4v) is 3.11. The maximum Gasteiger partial charge on any atom is 0.416 e. The summed E-state index contributed by atoms with van der Waals surface area (Å²) in [7, 11) is 0. The van der Waals surface area contributed by atoms with Crippen molar-refractivity contribution in [1.82, 2.24) is 0 Å². The minimum Gasteiger partial charge on any atom is -0.478 e. The number of benzene rings is 3. The summed E-state index contributed by atoms with van der Waals surface area (Å²) in [5.74, 6) is -1.53. The minimum atomic E-state index is -4.58. The highest BCUT2D eigenvalue weighted by Crippen LogP contribution is 2.36. The summed E-state index contributed by atoms with van der Waals surface area (Å²) in [6.07, 6.45) is -4.67. The molecule has 0 radical (unpaired) electrons. The molecule has 0 bridgehead atoms. The predicted octanol–water partition coefficient (Wildman–Crippen LogP) is 5.96. The van der Waals surface area contributed by atoms with Gasteiger partial charge in [-0.05, 0) is 35.9 Å². The summed E-state index contributed by atoms with van der Waals surface area (Å²) in [5, 5.41) is 10.5. The summed E-state index contributed by atoms with van der Waals surface area (Å²) >= 11 is 5.92. The second-order valence-electron chi connectivity index (χ2n) is 6.43. The lowest BCUT2D eigenvalue weighted by Gasteiger charge is -2.31. The van der Waals surface area contributed by atoms with Crippen LogP contribution < -0.4 is 4.74 Å². The third-order valence-corrected chi connectivity index (χ3v) is 4.66. The van der Waals surface area contributed by atoms with Crippen molar-refractivity contribution in [2.75, 3.05) is 0 Å². The van der Waals surface area contributed by atoms with Gasteiger partial charge in [0.25, 0.3) is 0 Å². The van der Waals surface area contributed by atoms with E-state index in [9.17, 15) is 23.1 Å². The Hall–Kier alpha value is -2.99. The Kier molecular flexibility index (Phi) is 5.84. The fraction of sp³-hybridized carbons (Fsp3) is 0.136. The average Bonchev–Trinajstić information content (AvgIpc) is 2.68. The topological polar surface area (TPSA) is 46.5 Å². The van der Waals surface area contributed by atoms with Crippen LogP contribution in [0.25, 0.3) is 0 Å². The molecule has 3 nitrogen and oxygen atoms in total. The number of aliphatic carboxylic acids is 1. The van der Waals surface area contributed by atoms with Crippen LogP contribution in [-0.4, -0.2) is 11.1 Å². The third-order valence-electron chi connectivity index (χ3n) is 4.41.